The topological polar surface area (TPSA) is 239 Å². The Labute approximate surface area is 461 Å². The number of halogens is 1. The molecule has 2 saturated heterocycles. The molecule has 10 unspecified atom stereocenters. The quantitative estimate of drug-likeness (QED) is 0.0999. The summed E-state index contributed by atoms with van der Waals surface area (Å²) >= 11 is 3.50. The van der Waals surface area contributed by atoms with E-state index in [0.717, 1.165) is 60.8 Å². The van der Waals surface area contributed by atoms with Gasteiger partial charge in [0.2, 0.25) is 35.4 Å². The molecule has 3 aromatic carbocycles. The maximum absolute atomic E-state index is 14.7. The molecule has 2 fully saturated rings. The molecule has 0 radical (unpaired) electrons. The van der Waals surface area contributed by atoms with Gasteiger partial charge in [0.25, 0.3) is 11.8 Å². The van der Waals surface area contributed by atoms with Crippen LogP contribution in [0.25, 0.3) is 0 Å². The van der Waals surface area contributed by atoms with E-state index in [9.17, 15) is 38.4 Å². The summed E-state index contributed by atoms with van der Waals surface area (Å²) in [6, 6.07) is 13.5. The molecule has 19 heteroatoms. The SMILES string of the molecule is CNC(C)C(=O)NC(C(=O)N1CC(NC(=O)c2cc(Br)cc(C(=O)NC3CC(C(=O)NC4CCCc5ccccc54)N(C(=O)C(NC(=O)C(C)NC)C(C)(C)C)C3)c2)CC1C(=O)NC1CCCc2ccccc21)C(C)(C)C. The third-order valence-corrected chi connectivity index (χ3v) is 16.1. The molecule has 18 nitrogen and oxygen atoms in total. The van der Waals surface area contributed by atoms with Crippen molar-refractivity contribution in [3.8, 4) is 0 Å². The largest absolute Gasteiger partial charge is 0.347 e. The molecule has 2 heterocycles. The van der Waals surface area contributed by atoms with Crippen LogP contribution in [0, 0.1) is 10.8 Å². The smallest absolute Gasteiger partial charge is 0.251 e. The molecule has 3 aromatic rings. The molecule has 416 valence electrons. The second-order valence-electron chi connectivity index (χ2n) is 23.5. The van der Waals surface area contributed by atoms with Crippen LogP contribution in [0.3, 0.4) is 0 Å². The van der Waals surface area contributed by atoms with Crippen LogP contribution in [-0.4, -0.2) is 133 Å². The van der Waals surface area contributed by atoms with Crippen LogP contribution in [0.5, 0.6) is 0 Å². The van der Waals surface area contributed by atoms with Crippen molar-refractivity contribution in [2.24, 2.45) is 10.8 Å². The number of rotatable bonds is 16. The van der Waals surface area contributed by atoms with E-state index in [1.54, 1.807) is 40.1 Å². The first-order valence-corrected chi connectivity index (χ1v) is 27.9. The number of carbonyl (C=O) groups is 8. The van der Waals surface area contributed by atoms with E-state index in [0.29, 0.717) is 4.47 Å². The Morgan fingerprint density at radius 2 is 0.935 bits per heavy atom. The molecule has 4 aliphatic rings. The summed E-state index contributed by atoms with van der Waals surface area (Å²) in [4.78, 5) is 117. The van der Waals surface area contributed by atoms with Gasteiger partial charge in [-0.2, -0.15) is 0 Å². The normalized spacial score (nSPS) is 22.7. The molecular weight excluding hydrogens is 1040 g/mol. The molecule has 2 aliphatic carbocycles. The molecule has 7 rings (SSSR count). The van der Waals surface area contributed by atoms with E-state index >= 15 is 0 Å². The second kappa shape index (κ2) is 24.7. The lowest BCUT2D eigenvalue weighted by Crippen LogP contribution is -2.59. The Bertz CT molecular complexity index is 2540. The standard InChI is InChI=1S/C58H79BrN10O8/c1-32(60-9)49(70)66-47(57(3,4)5)55(76)68-30-39(28-45(68)53(74)64-43-23-15-19-34-17-11-13-21-41(34)43)62-51(72)36-25-37(27-38(59)26-36)52(73)63-40-29-46(54(75)65-44-24-16-20-35-18-12-14-22-42(35)44)69(31-40)56(77)48(58(6,7)8)67-50(71)33(2)61-10/h11-14,17-18,21-22,25-27,32-33,39-40,43-48,60-61H,15-16,19-20,23-24,28-31H2,1-10H3,(H,62,72)(H,63,73)(H,64,74)(H,65,75)(H,66,70)(H,67,71). The summed E-state index contributed by atoms with van der Waals surface area (Å²) in [6.07, 6.45) is 5.18. The first-order chi connectivity index (χ1) is 36.4. The molecule has 10 atom stereocenters. The van der Waals surface area contributed by atoms with Crippen LogP contribution in [0.1, 0.15) is 149 Å². The molecule has 0 aromatic heterocycles. The first kappa shape index (κ1) is 58.5. The predicted octanol–water partition coefficient (Wildman–Crippen LogP) is 4.51. The van der Waals surface area contributed by atoms with Crippen LogP contribution in [-0.2, 0) is 41.6 Å². The van der Waals surface area contributed by atoms with E-state index in [4.69, 9.17) is 0 Å². The van der Waals surface area contributed by atoms with Gasteiger partial charge >= 0.3 is 0 Å². The second-order valence-corrected chi connectivity index (χ2v) is 24.4. The molecule has 0 saturated carbocycles. The molecular formula is C58H79BrN10O8. The van der Waals surface area contributed by atoms with Crippen LogP contribution < -0.4 is 42.5 Å². The van der Waals surface area contributed by atoms with Crippen molar-refractivity contribution in [2.45, 2.75) is 167 Å². The van der Waals surface area contributed by atoms with Gasteiger partial charge in [-0.3, -0.25) is 38.4 Å². The molecule has 2 aliphatic heterocycles. The zero-order valence-corrected chi connectivity index (χ0v) is 47.8. The summed E-state index contributed by atoms with van der Waals surface area (Å²) in [5.74, 6) is -3.49. The van der Waals surface area contributed by atoms with Crippen LogP contribution >= 0.6 is 15.9 Å². The van der Waals surface area contributed by atoms with Crippen molar-refractivity contribution in [2.75, 3.05) is 27.2 Å². The van der Waals surface area contributed by atoms with Gasteiger partial charge in [-0.25, -0.2) is 0 Å². The first-order valence-electron chi connectivity index (χ1n) is 27.1. The highest BCUT2D eigenvalue weighted by atomic mass is 79.9. The van der Waals surface area contributed by atoms with Crippen molar-refractivity contribution >= 4 is 63.2 Å². The van der Waals surface area contributed by atoms with Crippen molar-refractivity contribution < 1.29 is 38.4 Å². The van der Waals surface area contributed by atoms with Crippen molar-refractivity contribution in [3.63, 3.8) is 0 Å². The number of hydrogen-bond donors (Lipinski definition) is 8. The highest BCUT2D eigenvalue weighted by Gasteiger charge is 2.48. The third-order valence-electron chi connectivity index (χ3n) is 15.7. The Hall–Kier alpha value is -6.18. The average Bonchev–Trinajstić information content (AvgIpc) is 4.06. The lowest BCUT2D eigenvalue weighted by molar-refractivity contribution is -0.144. The number of benzene rings is 3. The number of amides is 8. The van der Waals surface area contributed by atoms with Crippen molar-refractivity contribution in [3.05, 3.63) is 105 Å². The van der Waals surface area contributed by atoms with Gasteiger partial charge in [0.05, 0.1) is 24.2 Å². The monoisotopic (exact) mass is 1120 g/mol. The number of carbonyl (C=O) groups excluding carboxylic acids is 8. The summed E-state index contributed by atoms with van der Waals surface area (Å²) in [6.45, 7) is 14.4. The number of aryl methyl sites for hydroxylation is 2. The van der Waals surface area contributed by atoms with E-state index < -0.39 is 82.8 Å². The Morgan fingerprint density at radius 3 is 1.30 bits per heavy atom. The molecule has 8 amide bonds. The summed E-state index contributed by atoms with van der Waals surface area (Å²) < 4.78 is 0.427. The average molecular weight is 1120 g/mol. The number of likely N-dealkylation sites (N-methyl/N-ethyl adjacent to an activating group) is 2. The number of nitrogens with zero attached hydrogens (tertiary/aromatic N) is 2. The van der Waals surface area contributed by atoms with Crippen LogP contribution in [0.15, 0.2) is 71.2 Å². The lowest BCUT2D eigenvalue weighted by Gasteiger charge is -2.36. The third kappa shape index (κ3) is 13.9. The van der Waals surface area contributed by atoms with E-state index in [1.165, 1.54) is 15.9 Å². The van der Waals surface area contributed by atoms with E-state index in [1.807, 2.05) is 77.9 Å². The van der Waals surface area contributed by atoms with Crippen molar-refractivity contribution in [1.29, 1.82) is 0 Å². The fraction of sp³-hybridized carbons (Fsp3) is 0.552. The molecule has 77 heavy (non-hydrogen) atoms. The summed E-state index contributed by atoms with van der Waals surface area (Å²) in [7, 11) is 3.30. The summed E-state index contributed by atoms with van der Waals surface area (Å²) in [5.41, 5.74) is 3.13. The molecule has 0 spiro atoms. The zero-order valence-electron chi connectivity index (χ0n) is 46.2. The van der Waals surface area contributed by atoms with Crippen LogP contribution in [0.4, 0.5) is 0 Å². The maximum atomic E-state index is 14.7. The lowest BCUT2D eigenvalue weighted by atomic mass is 9.85. The van der Waals surface area contributed by atoms with Gasteiger partial charge in [-0.1, -0.05) is 106 Å². The minimum Gasteiger partial charge on any atom is -0.347 e. The van der Waals surface area contributed by atoms with Gasteiger partial charge in [-0.05, 0) is 131 Å². The molecule has 0 bridgehead atoms. The highest BCUT2D eigenvalue weighted by Crippen LogP contribution is 2.34. The minimum atomic E-state index is -1.01. The minimum absolute atomic E-state index is 0.0253. The van der Waals surface area contributed by atoms with Crippen LogP contribution in [0.2, 0.25) is 0 Å². The Kier molecular flexibility index (Phi) is 18.7. The number of fused-ring (bicyclic) bond motifs is 2. The predicted molar refractivity (Wildman–Crippen MR) is 297 cm³/mol. The van der Waals surface area contributed by atoms with Gasteiger partial charge in [0.1, 0.15) is 24.2 Å². The van der Waals surface area contributed by atoms with Gasteiger partial charge in [0, 0.05) is 40.8 Å². The van der Waals surface area contributed by atoms with Gasteiger partial charge < -0.3 is 52.3 Å². The van der Waals surface area contributed by atoms with E-state index in [2.05, 4.69) is 70.6 Å². The number of hydrogen-bond acceptors (Lipinski definition) is 10. The zero-order chi connectivity index (χ0) is 56.1. The Morgan fingerprint density at radius 1 is 0.558 bits per heavy atom. The van der Waals surface area contributed by atoms with Crippen molar-refractivity contribution in [1.82, 2.24) is 52.3 Å². The number of nitrogens with one attached hydrogen (secondary N) is 8. The van der Waals surface area contributed by atoms with Gasteiger partial charge in [0.15, 0.2) is 0 Å². The summed E-state index contributed by atoms with van der Waals surface area (Å²) in [5, 5.41) is 24.2. The maximum Gasteiger partial charge on any atom is 0.251 e. The highest BCUT2D eigenvalue weighted by molar-refractivity contribution is 9.10. The number of likely N-dealkylation sites (tertiary alicyclic amines) is 2. The Balaban J connectivity index is 1.10. The fourth-order valence-corrected chi connectivity index (χ4v) is 11.5. The van der Waals surface area contributed by atoms with E-state index in [-0.39, 0.29) is 72.8 Å². The molecule has 8 N–H and O–H groups in total. The van der Waals surface area contributed by atoms with Gasteiger partial charge in [-0.15, -0.1) is 0 Å². The fourth-order valence-electron chi connectivity index (χ4n) is 11.0.